The van der Waals surface area contributed by atoms with E-state index in [2.05, 4.69) is 47.3 Å². The lowest BCUT2D eigenvalue weighted by atomic mass is 9.93. The molecule has 1 aromatic carbocycles. The Kier molecular flexibility index (Phi) is 4.49. The van der Waals surface area contributed by atoms with E-state index >= 15 is 0 Å². The van der Waals surface area contributed by atoms with Gasteiger partial charge in [0.25, 0.3) is 0 Å². The number of fused-ring (bicyclic) bond motifs is 1. The summed E-state index contributed by atoms with van der Waals surface area (Å²) in [5.74, 6) is 1.31. The fraction of sp³-hybridized carbons (Fsp3) is 0.600. The van der Waals surface area contributed by atoms with Crippen LogP contribution in [0.3, 0.4) is 0 Å². The SMILES string of the molecule is CO[C@@H]1CN(Cc2ccc3c(c2)CCC(C)(C)O3)C[C@H]1c1cn(C)nn1. The lowest BCUT2D eigenvalue weighted by Gasteiger charge is -2.33. The van der Waals surface area contributed by atoms with Gasteiger partial charge in [0, 0.05) is 45.9 Å². The second-order valence-corrected chi connectivity index (χ2v) is 8.20. The van der Waals surface area contributed by atoms with Crippen molar-refractivity contribution in [3.8, 4) is 5.75 Å². The van der Waals surface area contributed by atoms with Crippen LogP contribution in [0.4, 0.5) is 0 Å². The van der Waals surface area contributed by atoms with Gasteiger partial charge < -0.3 is 9.47 Å². The van der Waals surface area contributed by atoms with Crippen LogP contribution in [-0.2, 0) is 24.8 Å². The summed E-state index contributed by atoms with van der Waals surface area (Å²) in [5, 5.41) is 8.38. The van der Waals surface area contributed by atoms with Crippen molar-refractivity contribution in [1.29, 1.82) is 0 Å². The lowest BCUT2D eigenvalue weighted by Crippen LogP contribution is -2.32. The highest BCUT2D eigenvalue weighted by Gasteiger charge is 2.36. The molecule has 1 aromatic heterocycles. The molecule has 1 saturated heterocycles. The van der Waals surface area contributed by atoms with Crippen LogP contribution < -0.4 is 4.74 Å². The Morgan fingerprint density at radius 3 is 2.88 bits per heavy atom. The Morgan fingerprint density at radius 1 is 1.31 bits per heavy atom. The average Bonchev–Trinajstić information content (AvgIpc) is 3.20. The molecular weight excluding hydrogens is 328 g/mol. The Morgan fingerprint density at radius 2 is 2.15 bits per heavy atom. The van der Waals surface area contributed by atoms with Crippen LogP contribution in [-0.4, -0.2) is 51.8 Å². The van der Waals surface area contributed by atoms with E-state index in [0.29, 0.717) is 0 Å². The molecule has 3 heterocycles. The van der Waals surface area contributed by atoms with Gasteiger partial charge in [-0.1, -0.05) is 17.3 Å². The molecule has 2 aliphatic heterocycles. The summed E-state index contributed by atoms with van der Waals surface area (Å²) in [4.78, 5) is 2.45. The molecule has 1 fully saturated rings. The number of hydrogen-bond acceptors (Lipinski definition) is 5. The number of benzene rings is 1. The molecule has 6 heteroatoms. The van der Waals surface area contributed by atoms with Crippen molar-refractivity contribution in [3.05, 3.63) is 41.2 Å². The van der Waals surface area contributed by atoms with Crippen molar-refractivity contribution in [2.24, 2.45) is 7.05 Å². The summed E-state index contributed by atoms with van der Waals surface area (Å²) in [6.45, 7) is 7.10. The van der Waals surface area contributed by atoms with Crippen molar-refractivity contribution in [1.82, 2.24) is 19.9 Å². The fourth-order valence-corrected chi connectivity index (χ4v) is 4.11. The van der Waals surface area contributed by atoms with E-state index in [9.17, 15) is 0 Å². The topological polar surface area (TPSA) is 52.4 Å². The summed E-state index contributed by atoms with van der Waals surface area (Å²) >= 11 is 0. The number of hydrogen-bond donors (Lipinski definition) is 0. The van der Waals surface area contributed by atoms with E-state index in [1.165, 1.54) is 11.1 Å². The smallest absolute Gasteiger partial charge is 0.123 e. The maximum absolute atomic E-state index is 6.10. The predicted molar refractivity (Wildman–Crippen MR) is 99.3 cm³/mol. The van der Waals surface area contributed by atoms with E-state index in [4.69, 9.17) is 9.47 Å². The number of aryl methyl sites for hydroxylation is 2. The number of likely N-dealkylation sites (tertiary alicyclic amines) is 1. The van der Waals surface area contributed by atoms with E-state index in [1.807, 2.05) is 13.2 Å². The van der Waals surface area contributed by atoms with Crippen LogP contribution >= 0.6 is 0 Å². The van der Waals surface area contributed by atoms with Crippen LogP contribution in [0.25, 0.3) is 0 Å². The largest absolute Gasteiger partial charge is 0.488 e. The standard InChI is InChI=1S/C20H28N4O2/c1-20(2)8-7-15-9-14(5-6-18(15)26-20)10-24-11-16(19(13-24)25-4)17-12-23(3)22-21-17/h5-6,9,12,16,19H,7-8,10-11,13H2,1-4H3/t16-,19+/m0/s1. The molecule has 26 heavy (non-hydrogen) atoms. The number of aromatic nitrogens is 3. The van der Waals surface area contributed by atoms with Crippen molar-refractivity contribution in [3.63, 3.8) is 0 Å². The molecule has 0 unspecified atom stereocenters. The normalized spacial score (nSPS) is 25.1. The van der Waals surface area contributed by atoms with Crippen molar-refractivity contribution in [2.75, 3.05) is 20.2 Å². The molecule has 140 valence electrons. The quantitative estimate of drug-likeness (QED) is 0.843. The van der Waals surface area contributed by atoms with Gasteiger partial charge in [-0.2, -0.15) is 0 Å². The molecule has 0 amide bonds. The van der Waals surface area contributed by atoms with E-state index in [1.54, 1.807) is 11.8 Å². The first-order chi connectivity index (χ1) is 12.4. The van der Waals surface area contributed by atoms with Crippen molar-refractivity contribution >= 4 is 0 Å². The van der Waals surface area contributed by atoms with E-state index < -0.39 is 0 Å². The number of rotatable bonds is 4. The fourth-order valence-electron chi connectivity index (χ4n) is 4.11. The van der Waals surface area contributed by atoms with E-state index in [0.717, 1.165) is 43.9 Å². The second-order valence-electron chi connectivity index (χ2n) is 8.20. The third kappa shape index (κ3) is 3.48. The van der Waals surface area contributed by atoms with Crippen LogP contribution in [0.15, 0.2) is 24.4 Å². The zero-order valence-corrected chi connectivity index (χ0v) is 16.1. The lowest BCUT2D eigenvalue weighted by molar-refractivity contribution is 0.0845. The van der Waals surface area contributed by atoms with Gasteiger partial charge in [-0.05, 0) is 43.9 Å². The summed E-state index contributed by atoms with van der Waals surface area (Å²) in [6, 6.07) is 6.63. The Hall–Kier alpha value is -1.92. The van der Waals surface area contributed by atoms with Gasteiger partial charge in [-0.15, -0.1) is 5.10 Å². The molecule has 4 rings (SSSR count). The monoisotopic (exact) mass is 356 g/mol. The maximum Gasteiger partial charge on any atom is 0.123 e. The first kappa shape index (κ1) is 17.5. The van der Waals surface area contributed by atoms with Gasteiger partial charge in [0.2, 0.25) is 0 Å². The molecule has 0 spiro atoms. The van der Waals surface area contributed by atoms with Gasteiger partial charge in [0.1, 0.15) is 11.4 Å². The molecule has 2 aromatic rings. The molecule has 2 atom stereocenters. The molecule has 2 aliphatic rings. The van der Waals surface area contributed by atoms with Crippen LogP contribution in [0.1, 0.15) is 43.0 Å². The summed E-state index contributed by atoms with van der Waals surface area (Å²) in [5.41, 5.74) is 3.62. The van der Waals surface area contributed by atoms with Crippen LogP contribution in [0.5, 0.6) is 5.75 Å². The third-order valence-corrected chi connectivity index (χ3v) is 5.56. The van der Waals surface area contributed by atoms with Crippen molar-refractivity contribution < 1.29 is 9.47 Å². The summed E-state index contributed by atoms with van der Waals surface area (Å²) in [7, 11) is 3.69. The molecular formula is C20H28N4O2. The first-order valence-corrected chi connectivity index (χ1v) is 9.36. The predicted octanol–water partition coefficient (Wildman–Crippen LogP) is 2.53. The van der Waals surface area contributed by atoms with Crippen molar-refractivity contribution in [2.45, 2.75) is 50.9 Å². The molecule has 0 N–H and O–H groups in total. The zero-order chi connectivity index (χ0) is 18.3. The minimum Gasteiger partial charge on any atom is -0.488 e. The van der Waals surface area contributed by atoms with Gasteiger partial charge in [-0.25, -0.2) is 0 Å². The summed E-state index contributed by atoms with van der Waals surface area (Å²) < 4.78 is 13.6. The number of ether oxygens (including phenoxy) is 2. The second kappa shape index (κ2) is 6.67. The average molecular weight is 356 g/mol. The van der Waals surface area contributed by atoms with Gasteiger partial charge in [-0.3, -0.25) is 9.58 Å². The Bertz CT molecular complexity index is 786. The van der Waals surface area contributed by atoms with E-state index in [-0.39, 0.29) is 17.6 Å². The maximum atomic E-state index is 6.10. The van der Waals surface area contributed by atoms with Crippen LogP contribution in [0.2, 0.25) is 0 Å². The minimum atomic E-state index is -0.0565. The zero-order valence-electron chi connectivity index (χ0n) is 16.1. The summed E-state index contributed by atoms with van der Waals surface area (Å²) in [6.07, 6.45) is 4.30. The number of nitrogens with zero attached hydrogens (tertiary/aromatic N) is 4. The third-order valence-electron chi connectivity index (χ3n) is 5.56. The minimum absolute atomic E-state index is 0.0565. The van der Waals surface area contributed by atoms with Gasteiger partial charge in [0.05, 0.1) is 11.8 Å². The number of methoxy groups -OCH3 is 1. The molecule has 0 radical (unpaired) electrons. The van der Waals surface area contributed by atoms with Gasteiger partial charge >= 0.3 is 0 Å². The first-order valence-electron chi connectivity index (χ1n) is 9.36. The Balaban J connectivity index is 1.46. The highest BCUT2D eigenvalue weighted by atomic mass is 16.5. The molecule has 0 saturated carbocycles. The highest BCUT2D eigenvalue weighted by molar-refractivity contribution is 5.39. The van der Waals surface area contributed by atoms with Gasteiger partial charge in [0.15, 0.2) is 0 Å². The van der Waals surface area contributed by atoms with Crippen LogP contribution in [0, 0.1) is 0 Å². The molecule has 6 nitrogen and oxygen atoms in total. The molecule has 0 bridgehead atoms. The Labute approximate surface area is 155 Å². The molecule has 0 aliphatic carbocycles. The highest BCUT2D eigenvalue weighted by Crippen LogP contribution is 2.34.